The highest BCUT2D eigenvalue weighted by molar-refractivity contribution is 7.89. The van der Waals surface area contributed by atoms with Crippen LogP contribution in [0.2, 0.25) is 0 Å². The van der Waals surface area contributed by atoms with E-state index in [4.69, 9.17) is 9.52 Å². The monoisotopic (exact) mass is 262 g/mol. The van der Waals surface area contributed by atoms with Crippen LogP contribution in [0.15, 0.2) is 21.6 Å². The van der Waals surface area contributed by atoms with Gasteiger partial charge in [-0.2, -0.15) is 4.31 Å². The second-order valence-electron chi connectivity index (χ2n) is 3.35. The fraction of sp³-hybridized carbons (Fsp3) is 0.444. The molecule has 0 bridgehead atoms. The molecule has 0 spiro atoms. The minimum absolute atomic E-state index is 0.266. The van der Waals surface area contributed by atoms with E-state index in [1.54, 1.807) is 7.05 Å². The molecule has 2 N–H and O–H groups in total. The van der Waals surface area contributed by atoms with Gasteiger partial charge in [0.1, 0.15) is 0 Å². The van der Waals surface area contributed by atoms with Gasteiger partial charge < -0.3 is 14.8 Å². The van der Waals surface area contributed by atoms with Crippen LogP contribution in [0.25, 0.3) is 0 Å². The van der Waals surface area contributed by atoms with Crippen molar-refractivity contribution in [3.05, 3.63) is 17.9 Å². The van der Waals surface area contributed by atoms with Crippen LogP contribution >= 0.6 is 0 Å². The molecule has 8 heteroatoms. The van der Waals surface area contributed by atoms with Crippen molar-refractivity contribution in [2.45, 2.75) is 5.09 Å². The molecule has 0 saturated carbocycles. The van der Waals surface area contributed by atoms with E-state index in [0.717, 1.165) is 16.4 Å². The number of nitrogens with zero attached hydrogens (tertiary/aromatic N) is 1. The molecule has 0 fully saturated rings. The molecular formula is C9H14N2O5S. The van der Waals surface area contributed by atoms with Gasteiger partial charge in [0.25, 0.3) is 10.0 Å². The van der Waals surface area contributed by atoms with Crippen LogP contribution < -0.4 is 5.32 Å². The lowest BCUT2D eigenvalue weighted by Crippen LogP contribution is -2.32. The summed E-state index contributed by atoms with van der Waals surface area (Å²) in [7, 11) is -0.658. The Labute approximate surface area is 99.1 Å². The molecule has 1 aromatic rings. The number of aromatic carboxylic acids is 1. The summed E-state index contributed by atoms with van der Waals surface area (Å²) < 4.78 is 29.6. The van der Waals surface area contributed by atoms with Crippen LogP contribution in [0.3, 0.4) is 0 Å². The number of carboxylic acids is 1. The highest BCUT2D eigenvalue weighted by atomic mass is 32.2. The van der Waals surface area contributed by atoms with Gasteiger partial charge >= 0.3 is 5.97 Å². The summed E-state index contributed by atoms with van der Waals surface area (Å²) in [4.78, 5) is 10.6. The Bertz CT molecular complexity index is 493. The Kier molecular flexibility index (Phi) is 4.27. The SMILES string of the molecule is CNCCN(C)S(=O)(=O)c1ccc(C(=O)O)o1. The third-order valence-electron chi connectivity index (χ3n) is 2.13. The molecule has 0 aliphatic rings. The first-order valence-electron chi connectivity index (χ1n) is 4.83. The largest absolute Gasteiger partial charge is 0.475 e. The third kappa shape index (κ3) is 3.05. The first kappa shape index (κ1) is 13.7. The molecule has 1 heterocycles. The molecule has 1 aromatic heterocycles. The van der Waals surface area contributed by atoms with E-state index < -0.39 is 21.8 Å². The first-order valence-corrected chi connectivity index (χ1v) is 6.27. The zero-order chi connectivity index (χ0) is 13.1. The Hall–Kier alpha value is -1.38. The van der Waals surface area contributed by atoms with Crippen molar-refractivity contribution in [3.8, 4) is 0 Å². The molecule has 0 aromatic carbocycles. The predicted molar refractivity (Wildman–Crippen MR) is 59.4 cm³/mol. The van der Waals surface area contributed by atoms with Crippen molar-refractivity contribution < 1.29 is 22.7 Å². The fourth-order valence-electron chi connectivity index (χ4n) is 1.12. The Balaban J connectivity index is 2.92. The molecule has 0 unspecified atom stereocenters. The van der Waals surface area contributed by atoms with Gasteiger partial charge in [0.2, 0.25) is 10.9 Å². The fourth-order valence-corrected chi connectivity index (χ4v) is 2.19. The Morgan fingerprint density at radius 3 is 2.65 bits per heavy atom. The van der Waals surface area contributed by atoms with Crippen LogP contribution in [0.5, 0.6) is 0 Å². The lowest BCUT2D eigenvalue weighted by atomic mass is 10.5. The van der Waals surface area contributed by atoms with Crippen molar-refractivity contribution in [3.63, 3.8) is 0 Å². The average Bonchev–Trinajstić information content (AvgIpc) is 2.75. The minimum atomic E-state index is -3.76. The molecule has 0 aliphatic heterocycles. The van der Waals surface area contributed by atoms with Gasteiger partial charge in [-0.05, 0) is 19.2 Å². The molecule has 0 atom stereocenters. The molecule has 7 nitrogen and oxygen atoms in total. The Morgan fingerprint density at radius 1 is 1.53 bits per heavy atom. The molecule has 0 amide bonds. The number of hydrogen-bond donors (Lipinski definition) is 2. The van der Waals surface area contributed by atoms with E-state index in [1.165, 1.54) is 7.05 Å². The number of likely N-dealkylation sites (N-methyl/N-ethyl adjacent to an activating group) is 2. The van der Waals surface area contributed by atoms with E-state index in [-0.39, 0.29) is 11.6 Å². The molecule has 17 heavy (non-hydrogen) atoms. The van der Waals surface area contributed by atoms with E-state index in [2.05, 4.69) is 5.32 Å². The molecule has 96 valence electrons. The summed E-state index contributed by atoms with van der Waals surface area (Å²) >= 11 is 0. The summed E-state index contributed by atoms with van der Waals surface area (Å²) in [5.74, 6) is -1.70. The van der Waals surface area contributed by atoms with Gasteiger partial charge in [-0.3, -0.25) is 0 Å². The number of rotatable bonds is 6. The van der Waals surface area contributed by atoms with Crippen molar-refractivity contribution in [2.75, 3.05) is 27.2 Å². The van der Waals surface area contributed by atoms with Gasteiger partial charge in [0.15, 0.2) is 0 Å². The highest BCUT2D eigenvalue weighted by Crippen LogP contribution is 2.17. The first-order chi connectivity index (χ1) is 7.89. The smallest absolute Gasteiger partial charge is 0.371 e. The summed E-state index contributed by atoms with van der Waals surface area (Å²) in [5.41, 5.74) is 0. The summed E-state index contributed by atoms with van der Waals surface area (Å²) in [5, 5.41) is 11.1. The van der Waals surface area contributed by atoms with E-state index in [9.17, 15) is 13.2 Å². The van der Waals surface area contributed by atoms with E-state index >= 15 is 0 Å². The summed E-state index contributed by atoms with van der Waals surface area (Å²) in [6.07, 6.45) is 0. The maximum absolute atomic E-state index is 11.9. The van der Waals surface area contributed by atoms with Crippen LogP contribution in [0.4, 0.5) is 0 Å². The number of nitrogens with one attached hydrogen (secondary N) is 1. The lowest BCUT2D eigenvalue weighted by molar-refractivity contribution is 0.0656. The second-order valence-corrected chi connectivity index (χ2v) is 5.33. The quantitative estimate of drug-likeness (QED) is 0.737. The Morgan fingerprint density at radius 2 is 2.18 bits per heavy atom. The van der Waals surface area contributed by atoms with Crippen molar-refractivity contribution in [1.29, 1.82) is 0 Å². The number of furan rings is 1. The summed E-state index contributed by atoms with van der Waals surface area (Å²) in [6.45, 7) is 0.754. The van der Waals surface area contributed by atoms with Crippen LogP contribution in [0, 0.1) is 0 Å². The van der Waals surface area contributed by atoms with Crippen molar-refractivity contribution in [1.82, 2.24) is 9.62 Å². The van der Waals surface area contributed by atoms with Crippen LogP contribution in [-0.2, 0) is 10.0 Å². The van der Waals surface area contributed by atoms with Gasteiger partial charge in [0.05, 0.1) is 0 Å². The maximum Gasteiger partial charge on any atom is 0.371 e. The highest BCUT2D eigenvalue weighted by Gasteiger charge is 2.25. The van der Waals surface area contributed by atoms with Gasteiger partial charge in [-0.25, -0.2) is 13.2 Å². The van der Waals surface area contributed by atoms with Crippen molar-refractivity contribution in [2.24, 2.45) is 0 Å². The third-order valence-corrected chi connectivity index (χ3v) is 3.86. The molecular weight excluding hydrogens is 248 g/mol. The van der Waals surface area contributed by atoms with Crippen LogP contribution in [-0.4, -0.2) is 51.0 Å². The second kappa shape index (κ2) is 5.30. The lowest BCUT2D eigenvalue weighted by Gasteiger charge is -2.14. The average molecular weight is 262 g/mol. The van der Waals surface area contributed by atoms with Gasteiger partial charge in [-0.1, -0.05) is 0 Å². The zero-order valence-electron chi connectivity index (χ0n) is 9.50. The predicted octanol–water partition coefficient (Wildman–Crippen LogP) is -0.182. The molecule has 0 radical (unpaired) electrons. The zero-order valence-corrected chi connectivity index (χ0v) is 10.3. The topological polar surface area (TPSA) is 99.9 Å². The van der Waals surface area contributed by atoms with Gasteiger partial charge in [-0.15, -0.1) is 0 Å². The molecule has 0 aliphatic carbocycles. The van der Waals surface area contributed by atoms with Crippen LogP contribution in [0.1, 0.15) is 10.6 Å². The molecule has 1 rings (SSSR count). The number of carbonyl (C=O) groups is 1. The molecule has 0 saturated heterocycles. The van der Waals surface area contributed by atoms with Crippen molar-refractivity contribution >= 4 is 16.0 Å². The van der Waals surface area contributed by atoms with Gasteiger partial charge in [0, 0.05) is 20.1 Å². The maximum atomic E-state index is 11.9. The number of carboxylic acid groups (broad SMARTS) is 1. The number of sulfonamides is 1. The normalized spacial score (nSPS) is 11.9. The number of hydrogen-bond acceptors (Lipinski definition) is 5. The van der Waals surface area contributed by atoms with E-state index in [0.29, 0.717) is 6.54 Å². The summed E-state index contributed by atoms with van der Waals surface area (Å²) in [6, 6.07) is 2.25. The van der Waals surface area contributed by atoms with E-state index in [1.807, 2.05) is 0 Å². The minimum Gasteiger partial charge on any atom is -0.475 e. The standard InChI is InChI=1S/C9H14N2O5S/c1-10-5-6-11(2)17(14,15)8-4-3-7(16-8)9(12)13/h3-4,10H,5-6H2,1-2H3,(H,12,13).